The van der Waals surface area contributed by atoms with E-state index in [1.54, 1.807) is 0 Å². The molecule has 0 aliphatic heterocycles. The van der Waals surface area contributed by atoms with Crippen LogP contribution in [0.1, 0.15) is 44.0 Å². The van der Waals surface area contributed by atoms with Crippen LogP contribution in [-0.4, -0.2) is 16.7 Å². The molecule has 0 amide bonds. The Labute approximate surface area is 119 Å². The molecule has 2 rings (SSSR count). The molecule has 108 valence electrons. The molecule has 0 aliphatic rings. The predicted octanol–water partition coefficient (Wildman–Crippen LogP) is 2.88. The largest absolute Gasteiger partial charge is 0.484 e. The standard InChI is InChI=1S/C15H21N3O2/c1-4-16-9-12-5-7-13(8-6-12)19-10-14-17-15(11(2)3)18-20-14/h5-8,11,16H,4,9-10H2,1-3H3. The highest BCUT2D eigenvalue weighted by atomic mass is 16.5. The quantitative estimate of drug-likeness (QED) is 0.842. The van der Waals surface area contributed by atoms with Crippen LogP contribution >= 0.6 is 0 Å². The van der Waals surface area contributed by atoms with Crippen LogP contribution in [-0.2, 0) is 13.2 Å². The Hall–Kier alpha value is -1.88. The molecule has 5 nitrogen and oxygen atoms in total. The summed E-state index contributed by atoms with van der Waals surface area (Å²) < 4.78 is 10.8. The summed E-state index contributed by atoms with van der Waals surface area (Å²) in [6.07, 6.45) is 0. The number of hydrogen-bond acceptors (Lipinski definition) is 5. The molecule has 0 saturated carbocycles. The Bertz CT molecular complexity index is 520. The second-order valence-electron chi connectivity index (χ2n) is 4.91. The van der Waals surface area contributed by atoms with Gasteiger partial charge in [0.1, 0.15) is 5.75 Å². The zero-order valence-electron chi connectivity index (χ0n) is 12.2. The zero-order valence-corrected chi connectivity index (χ0v) is 12.2. The maximum atomic E-state index is 5.63. The molecule has 0 saturated heterocycles. The summed E-state index contributed by atoms with van der Waals surface area (Å²) in [5.74, 6) is 2.28. The van der Waals surface area contributed by atoms with Crippen LogP contribution in [0.4, 0.5) is 0 Å². The molecule has 0 radical (unpaired) electrons. The van der Waals surface area contributed by atoms with Crippen molar-refractivity contribution in [1.29, 1.82) is 0 Å². The van der Waals surface area contributed by atoms with E-state index in [1.807, 2.05) is 38.1 Å². The highest BCUT2D eigenvalue weighted by Crippen LogP contribution is 2.15. The lowest BCUT2D eigenvalue weighted by atomic mass is 10.2. The molecule has 0 unspecified atom stereocenters. The fourth-order valence-corrected chi connectivity index (χ4v) is 1.68. The number of nitrogens with zero attached hydrogens (tertiary/aromatic N) is 2. The first-order chi connectivity index (χ1) is 9.69. The third-order valence-electron chi connectivity index (χ3n) is 2.86. The molecule has 1 aromatic heterocycles. The minimum atomic E-state index is 0.262. The van der Waals surface area contributed by atoms with E-state index in [0.717, 1.165) is 18.8 Å². The van der Waals surface area contributed by atoms with E-state index in [4.69, 9.17) is 9.26 Å². The molecule has 0 atom stereocenters. The summed E-state index contributed by atoms with van der Waals surface area (Å²) in [4.78, 5) is 4.27. The molecule has 2 aromatic rings. The van der Waals surface area contributed by atoms with E-state index >= 15 is 0 Å². The number of ether oxygens (including phenoxy) is 1. The van der Waals surface area contributed by atoms with Crippen LogP contribution in [0.25, 0.3) is 0 Å². The lowest BCUT2D eigenvalue weighted by molar-refractivity contribution is 0.242. The van der Waals surface area contributed by atoms with Gasteiger partial charge in [-0.15, -0.1) is 0 Å². The third kappa shape index (κ3) is 4.06. The van der Waals surface area contributed by atoms with Crippen molar-refractivity contribution in [3.8, 4) is 5.75 Å². The Kier molecular flexibility index (Phi) is 5.12. The molecule has 1 N–H and O–H groups in total. The van der Waals surface area contributed by atoms with Gasteiger partial charge in [-0.05, 0) is 24.2 Å². The first-order valence-corrected chi connectivity index (χ1v) is 6.94. The summed E-state index contributed by atoms with van der Waals surface area (Å²) in [6, 6.07) is 8.00. The molecule has 0 fully saturated rings. The topological polar surface area (TPSA) is 60.2 Å². The smallest absolute Gasteiger partial charge is 0.264 e. The van der Waals surface area contributed by atoms with Gasteiger partial charge in [0.15, 0.2) is 12.4 Å². The predicted molar refractivity (Wildman–Crippen MR) is 76.5 cm³/mol. The molecule has 0 aliphatic carbocycles. The van der Waals surface area contributed by atoms with Crippen molar-refractivity contribution in [1.82, 2.24) is 15.5 Å². The molecular formula is C15H21N3O2. The summed E-state index contributed by atoms with van der Waals surface area (Å²) >= 11 is 0. The number of rotatable bonds is 7. The van der Waals surface area contributed by atoms with Gasteiger partial charge in [0.25, 0.3) is 5.89 Å². The number of nitrogens with one attached hydrogen (secondary N) is 1. The van der Waals surface area contributed by atoms with Crippen molar-refractivity contribution in [2.45, 2.75) is 39.8 Å². The van der Waals surface area contributed by atoms with Gasteiger partial charge in [-0.1, -0.05) is 38.1 Å². The first kappa shape index (κ1) is 14.5. The van der Waals surface area contributed by atoms with Gasteiger partial charge in [-0.2, -0.15) is 4.98 Å². The summed E-state index contributed by atoms with van der Waals surface area (Å²) in [5.41, 5.74) is 1.24. The zero-order chi connectivity index (χ0) is 14.4. The van der Waals surface area contributed by atoms with Crippen LogP contribution in [0.2, 0.25) is 0 Å². The monoisotopic (exact) mass is 275 g/mol. The van der Waals surface area contributed by atoms with Gasteiger partial charge in [-0.25, -0.2) is 0 Å². The van der Waals surface area contributed by atoms with Gasteiger partial charge in [0.2, 0.25) is 0 Å². The lowest BCUT2D eigenvalue weighted by Crippen LogP contribution is -2.11. The second-order valence-corrected chi connectivity index (χ2v) is 4.91. The van der Waals surface area contributed by atoms with E-state index in [2.05, 4.69) is 22.4 Å². The van der Waals surface area contributed by atoms with E-state index in [1.165, 1.54) is 5.56 Å². The summed E-state index contributed by atoms with van der Waals surface area (Å²) in [7, 11) is 0. The fraction of sp³-hybridized carbons (Fsp3) is 0.467. The molecule has 1 heterocycles. The highest BCUT2D eigenvalue weighted by molar-refractivity contribution is 5.27. The van der Waals surface area contributed by atoms with Crippen molar-refractivity contribution < 1.29 is 9.26 Å². The SMILES string of the molecule is CCNCc1ccc(OCc2nc(C(C)C)no2)cc1. The molecule has 20 heavy (non-hydrogen) atoms. The summed E-state index contributed by atoms with van der Waals surface area (Å²) in [6.45, 7) is 8.28. The highest BCUT2D eigenvalue weighted by Gasteiger charge is 2.09. The van der Waals surface area contributed by atoms with Crippen LogP contribution in [0.3, 0.4) is 0 Å². The first-order valence-electron chi connectivity index (χ1n) is 6.94. The van der Waals surface area contributed by atoms with Crippen molar-refractivity contribution in [3.63, 3.8) is 0 Å². The molecular weight excluding hydrogens is 254 g/mol. The Morgan fingerprint density at radius 1 is 1.25 bits per heavy atom. The van der Waals surface area contributed by atoms with Gasteiger partial charge in [0, 0.05) is 12.5 Å². The van der Waals surface area contributed by atoms with Crippen LogP contribution < -0.4 is 10.1 Å². The van der Waals surface area contributed by atoms with Crippen molar-refractivity contribution in [3.05, 3.63) is 41.5 Å². The third-order valence-corrected chi connectivity index (χ3v) is 2.86. The van der Waals surface area contributed by atoms with E-state index in [9.17, 15) is 0 Å². The van der Waals surface area contributed by atoms with Gasteiger partial charge in [0.05, 0.1) is 0 Å². The number of aromatic nitrogens is 2. The average molecular weight is 275 g/mol. The Morgan fingerprint density at radius 2 is 2.00 bits per heavy atom. The fourth-order valence-electron chi connectivity index (χ4n) is 1.68. The maximum absolute atomic E-state index is 5.63. The minimum absolute atomic E-state index is 0.262. The van der Waals surface area contributed by atoms with E-state index in [-0.39, 0.29) is 5.92 Å². The molecule has 5 heteroatoms. The van der Waals surface area contributed by atoms with E-state index in [0.29, 0.717) is 18.3 Å². The van der Waals surface area contributed by atoms with Crippen molar-refractivity contribution >= 4 is 0 Å². The van der Waals surface area contributed by atoms with E-state index < -0.39 is 0 Å². The molecule has 1 aromatic carbocycles. The van der Waals surface area contributed by atoms with Gasteiger partial charge in [-0.3, -0.25) is 0 Å². The summed E-state index contributed by atoms with van der Waals surface area (Å²) in [5, 5.41) is 7.18. The maximum Gasteiger partial charge on any atom is 0.264 e. The normalized spacial score (nSPS) is 11.0. The van der Waals surface area contributed by atoms with Crippen LogP contribution in [0.15, 0.2) is 28.8 Å². The van der Waals surface area contributed by atoms with Gasteiger partial charge >= 0.3 is 0 Å². The second kappa shape index (κ2) is 7.05. The lowest BCUT2D eigenvalue weighted by Gasteiger charge is -2.05. The minimum Gasteiger partial charge on any atom is -0.484 e. The van der Waals surface area contributed by atoms with Crippen molar-refractivity contribution in [2.75, 3.05) is 6.54 Å². The van der Waals surface area contributed by atoms with Crippen LogP contribution in [0, 0.1) is 0 Å². The molecule has 0 spiro atoms. The van der Waals surface area contributed by atoms with Crippen molar-refractivity contribution in [2.24, 2.45) is 0 Å². The Morgan fingerprint density at radius 3 is 2.60 bits per heavy atom. The Balaban J connectivity index is 1.86. The average Bonchev–Trinajstić information content (AvgIpc) is 2.93. The number of benzene rings is 1. The van der Waals surface area contributed by atoms with Crippen LogP contribution in [0.5, 0.6) is 5.75 Å². The number of hydrogen-bond donors (Lipinski definition) is 1. The van der Waals surface area contributed by atoms with Gasteiger partial charge < -0.3 is 14.6 Å². The molecule has 0 bridgehead atoms.